The number of carbonyl (C=O) groups is 1. The molecule has 1 atom stereocenters. The van der Waals surface area contributed by atoms with Crippen LogP contribution >= 0.6 is 0 Å². The topological polar surface area (TPSA) is 72.2 Å². The Labute approximate surface area is 135 Å². The molecule has 0 unspecified atom stereocenters. The van der Waals surface area contributed by atoms with Crippen molar-refractivity contribution in [1.82, 2.24) is 5.32 Å². The fourth-order valence-electron chi connectivity index (χ4n) is 2.49. The Hall–Kier alpha value is -2.69. The number of aryl methyl sites for hydroxylation is 1. The Bertz CT molecular complexity index is 699. The minimum atomic E-state index is -0.467. The number of amides is 1. The van der Waals surface area contributed by atoms with Gasteiger partial charge in [-0.2, -0.15) is 0 Å². The lowest BCUT2D eigenvalue weighted by Gasteiger charge is -2.16. The average Bonchev–Trinajstić information content (AvgIpc) is 2.56. The fraction of sp³-hybridized carbons (Fsp3) is 0.278. The number of rotatable bonds is 6. The molecule has 1 amide bonds. The number of nitro benzene ring substituents is 1. The van der Waals surface area contributed by atoms with Gasteiger partial charge in [-0.25, -0.2) is 0 Å². The second kappa shape index (κ2) is 7.54. The van der Waals surface area contributed by atoms with Crippen LogP contribution in [-0.4, -0.2) is 17.4 Å². The summed E-state index contributed by atoms with van der Waals surface area (Å²) in [5, 5.41) is 13.8. The van der Waals surface area contributed by atoms with E-state index in [-0.39, 0.29) is 17.5 Å². The maximum atomic E-state index is 12.2. The van der Waals surface area contributed by atoms with Crippen molar-refractivity contribution in [3.05, 3.63) is 75.3 Å². The first kappa shape index (κ1) is 16.7. The molecule has 0 aromatic heterocycles. The minimum absolute atomic E-state index is 0.0345. The van der Waals surface area contributed by atoms with Gasteiger partial charge in [-0.15, -0.1) is 0 Å². The molecule has 0 aliphatic rings. The van der Waals surface area contributed by atoms with Crippen LogP contribution in [0.25, 0.3) is 0 Å². The maximum absolute atomic E-state index is 12.2. The predicted octanol–water partition coefficient (Wildman–Crippen LogP) is 3.83. The average molecular weight is 312 g/mol. The van der Waals surface area contributed by atoms with Crippen LogP contribution < -0.4 is 5.32 Å². The Balaban J connectivity index is 2.07. The van der Waals surface area contributed by atoms with Crippen molar-refractivity contribution < 1.29 is 9.72 Å². The van der Waals surface area contributed by atoms with E-state index >= 15 is 0 Å². The van der Waals surface area contributed by atoms with Gasteiger partial charge in [-0.05, 0) is 25.0 Å². The van der Waals surface area contributed by atoms with Crippen molar-refractivity contribution in [3.8, 4) is 0 Å². The second-order valence-electron chi connectivity index (χ2n) is 5.48. The van der Waals surface area contributed by atoms with E-state index in [2.05, 4.69) is 12.2 Å². The van der Waals surface area contributed by atoms with E-state index < -0.39 is 4.92 Å². The number of benzene rings is 2. The first-order valence-corrected chi connectivity index (χ1v) is 7.61. The largest absolute Gasteiger partial charge is 0.351 e. The van der Waals surface area contributed by atoms with Crippen molar-refractivity contribution in [2.75, 3.05) is 6.54 Å². The third kappa shape index (κ3) is 4.16. The summed E-state index contributed by atoms with van der Waals surface area (Å²) < 4.78 is 0. The maximum Gasteiger partial charge on any atom is 0.273 e. The van der Waals surface area contributed by atoms with Gasteiger partial charge in [-0.1, -0.05) is 43.3 Å². The van der Waals surface area contributed by atoms with Crippen LogP contribution in [0.4, 0.5) is 5.69 Å². The van der Waals surface area contributed by atoms with Gasteiger partial charge in [-0.3, -0.25) is 14.9 Å². The van der Waals surface area contributed by atoms with E-state index in [4.69, 9.17) is 0 Å². The Kier molecular flexibility index (Phi) is 5.46. The first-order chi connectivity index (χ1) is 11.0. The molecule has 2 aromatic carbocycles. The molecule has 0 aliphatic heterocycles. The molecular weight excluding hydrogens is 292 g/mol. The molecule has 120 valence electrons. The van der Waals surface area contributed by atoms with Crippen LogP contribution in [0.5, 0.6) is 0 Å². The Morgan fingerprint density at radius 3 is 2.52 bits per heavy atom. The minimum Gasteiger partial charge on any atom is -0.351 e. The predicted molar refractivity (Wildman–Crippen MR) is 89.6 cm³/mol. The smallest absolute Gasteiger partial charge is 0.273 e. The zero-order valence-corrected chi connectivity index (χ0v) is 13.3. The number of hydrogen-bond acceptors (Lipinski definition) is 3. The van der Waals surface area contributed by atoms with E-state index in [0.717, 1.165) is 6.42 Å². The highest BCUT2D eigenvalue weighted by atomic mass is 16.6. The molecule has 0 aliphatic carbocycles. The van der Waals surface area contributed by atoms with E-state index in [1.54, 1.807) is 19.1 Å². The lowest BCUT2D eigenvalue weighted by atomic mass is 9.96. The van der Waals surface area contributed by atoms with Gasteiger partial charge in [0, 0.05) is 29.7 Å². The Morgan fingerprint density at radius 1 is 1.22 bits per heavy atom. The summed E-state index contributed by atoms with van der Waals surface area (Å²) in [7, 11) is 0. The van der Waals surface area contributed by atoms with Gasteiger partial charge in [0.2, 0.25) is 0 Å². The molecule has 0 saturated heterocycles. The molecule has 0 bridgehead atoms. The van der Waals surface area contributed by atoms with Crippen LogP contribution in [0.3, 0.4) is 0 Å². The van der Waals surface area contributed by atoms with Crippen molar-refractivity contribution in [2.24, 2.45) is 0 Å². The summed E-state index contributed by atoms with van der Waals surface area (Å²) in [5.74, 6) is -0.0666. The van der Waals surface area contributed by atoms with E-state index in [9.17, 15) is 14.9 Å². The van der Waals surface area contributed by atoms with Crippen LogP contribution in [0, 0.1) is 17.0 Å². The van der Waals surface area contributed by atoms with E-state index in [1.165, 1.54) is 11.6 Å². The molecule has 2 aromatic rings. The van der Waals surface area contributed by atoms with Gasteiger partial charge in [0.15, 0.2) is 0 Å². The summed E-state index contributed by atoms with van der Waals surface area (Å²) >= 11 is 0. The summed E-state index contributed by atoms with van der Waals surface area (Å²) in [4.78, 5) is 22.7. The zero-order valence-electron chi connectivity index (χ0n) is 13.3. The van der Waals surface area contributed by atoms with Crippen LogP contribution in [-0.2, 0) is 0 Å². The molecular formula is C18H20N2O3. The summed E-state index contributed by atoms with van der Waals surface area (Å²) in [5.41, 5.74) is 1.99. The number of nitrogens with zero attached hydrogens (tertiary/aromatic N) is 1. The normalized spacial score (nSPS) is 11.7. The van der Waals surface area contributed by atoms with Crippen LogP contribution in [0.15, 0.2) is 48.5 Å². The number of nitro groups is 1. The van der Waals surface area contributed by atoms with Gasteiger partial charge in [0.05, 0.1) is 4.92 Å². The van der Waals surface area contributed by atoms with Crippen molar-refractivity contribution in [2.45, 2.75) is 26.2 Å². The van der Waals surface area contributed by atoms with Gasteiger partial charge in [0.1, 0.15) is 0 Å². The van der Waals surface area contributed by atoms with E-state index in [0.29, 0.717) is 17.7 Å². The summed E-state index contributed by atoms with van der Waals surface area (Å²) in [6.45, 7) is 4.23. The molecule has 0 fully saturated rings. The summed E-state index contributed by atoms with van der Waals surface area (Å²) in [6, 6.07) is 14.5. The molecule has 5 nitrogen and oxygen atoms in total. The second-order valence-corrected chi connectivity index (χ2v) is 5.48. The zero-order chi connectivity index (χ0) is 16.8. The third-order valence-electron chi connectivity index (χ3n) is 3.94. The molecule has 2 rings (SSSR count). The standard InChI is InChI=1S/C18H20N2O3/c1-3-14(15-7-5-4-6-8-15)12-19-18(21)16-10-9-13(2)17(11-16)20(22)23/h4-11,14H,3,12H2,1-2H3,(H,19,21)/t14-/m0/s1. The first-order valence-electron chi connectivity index (χ1n) is 7.61. The van der Waals surface area contributed by atoms with Crippen molar-refractivity contribution in [3.63, 3.8) is 0 Å². The summed E-state index contributed by atoms with van der Waals surface area (Å²) in [6.07, 6.45) is 0.901. The monoisotopic (exact) mass is 312 g/mol. The lowest BCUT2D eigenvalue weighted by molar-refractivity contribution is -0.385. The molecule has 0 saturated carbocycles. The number of hydrogen-bond donors (Lipinski definition) is 1. The molecule has 1 N–H and O–H groups in total. The lowest BCUT2D eigenvalue weighted by Crippen LogP contribution is -2.28. The highest BCUT2D eigenvalue weighted by Crippen LogP contribution is 2.20. The van der Waals surface area contributed by atoms with Crippen molar-refractivity contribution in [1.29, 1.82) is 0 Å². The Morgan fingerprint density at radius 2 is 1.91 bits per heavy atom. The SMILES string of the molecule is CC[C@@H](CNC(=O)c1ccc(C)c([N+](=O)[O-])c1)c1ccccc1. The molecule has 0 heterocycles. The number of carbonyl (C=O) groups excluding carboxylic acids is 1. The molecule has 5 heteroatoms. The number of nitrogens with one attached hydrogen (secondary N) is 1. The van der Waals surface area contributed by atoms with Crippen molar-refractivity contribution >= 4 is 11.6 Å². The van der Waals surface area contributed by atoms with Gasteiger partial charge in [0.25, 0.3) is 11.6 Å². The van der Waals surface area contributed by atoms with Gasteiger partial charge < -0.3 is 5.32 Å². The van der Waals surface area contributed by atoms with E-state index in [1.807, 2.05) is 30.3 Å². The van der Waals surface area contributed by atoms with Crippen LogP contribution in [0.1, 0.15) is 40.7 Å². The third-order valence-corrected chi connectivity index (χ3v) is 3.94. The molecule has 0 radical (unpaired) electrons. The van der Waals surface area contributed by atoms with Crippen LogP contribution in [0.2, 0.25) is 0 Å². The molecule has 0 spiro atoms. The van der Waals surface area contributed by atoms with Gasteiger partial charge >= 0.3 is 0 Å². The highest BCUT2D eigenvalue weighted by molar-refractivity contribution is 5.95. The quantitative estimate of drug-likeness (QED) is 0.651. The molecule has 23 heavy (non-hydrogen) atoms. The highest BCUT2D eigenvalue weighted by Gasteiger charge is 2.16. The fourth-order valence-corrected chi connectivity index (χ4v) is 2.49.